The minimum absolute atomic E-state index is 0. The summed E-state index contributed by atoms with van der Waals surface area (Å²) in [5.41, 5.74) is 1.41. The standard InChI is InChI=1S/C35H26N4O11S2.3Na/c1-17-13-19(7-10-25(17)36-38-27-16-30(52(48,49)50)21-5-3-4-6-22(21)33(27)41)20-8-11-26(18(2)14-20)37-39-32-28(40)12-9-23-29(51(45,46)47)15-24(35(43)44)34(42)31(23)32;;;/h3-16,40-42H,1-2H3,(H,43,44)(H,45,46,47)(H,48,49,50);;;/q;3*+1/p-3. The molecular formula is C35H23N4Na3O11S2. The van der Waals surface area contributed by atoms with E-state index in [1.54, 1.807) is 56.3 Å². The number of carbonyl (C=O) groups is 1. The van der Waals surface area contributed by atoms with Crippen molar-refractivity contribution < 1.29 is 140 Å². The zero-order valence-electron chi connectivity index (χ0n) is 29.8. The molecule has 3 N–H and O–H groups in total. The molecule has 6 aromatic carbocycles. The fourth-order valence-corrected chi connectivity index (χ4v) is 7.01. The number of aryl methyl sites for hydroxylation is 2. The van der Waals surface area contributed by atoms with Gasteiger partial charge in [0.2, 0.25) is 0 Å². The van der Waals surface area contributed by atoms with E-state index in [2.05, 4.69) is 20.5 Å². The number of carboxylic acids is 1. The molecule has 0 aromatic heterocycles. The van der Waals surface area contributed by atoms with Crippen LogP contribution in [0.1, 0.15) is 21.5 Å². The third kappa shape index (κ3) is 9.48. The third-order valence-corrected chi connectivity index (χ3v) is 9.91. The van der Waals surface area contributed by atoms with E-state index < -0.39 is 75.3 Å². The monoisotopic (exact) mass is 808 g/mol. The van der Waals surface area contributed by atoms with Crippen LogP contribution in [0.2, 0.25) is 0 Å². The van der Waals surface area contributed by atoms with Crippen molar-refractivity contribution in [3.8, 4) is 28.4 Å². The number of fused-ring (bicyclic) bond motifs is 2. The molecule has 0 atom stereocenters. The van der Waals surface area contributed by atoms with Crippen LogP contribution in [0, 0.1) is 13.8 Å². The van der Waals surface area contributed by atoms with E-state index in [0.29, 0.717) is 22.9 Å². The summed E-state index contributed by atoms with van der Waals surface area (Å²) >= 11 is 0. The maximum atomic E-state index is 13.0. The summed E-state index contributed by atoms with van der Waals surface area (Å²) < 4.78 is 67.4. The van der Waals surface area contributed by atoms with Gasteiger partial charge in [-0.1, -0.05) is 65.8 Å². The van der Waals surface area contributed by atoms with Gasteiger partial charge >= 0.3 is 94.6 Å². The summed E-state index contributed by atoms with van der Waals surface area (Å²) in [7, 11) is -9.67. The van der Waals surface area contributed by atoms with Crippen molar-refractivity contribution in [1.82, 2.24) is 0 Å². The van der Waals surface area contributed by atoms with Gasteiger partial charge in [0.1, 0.15) is 9.79 Å². The number of hydrogen-bond donors (Lipinski definition) is 3. The molecule has 0 fully saturated rings. The first kappa shape index (κ1) is 46.1. The Hall–Kier alpha value is -3.27. The number of benzene rings is 6. The van der Waals surface area contributed by atoms with Gasteiger partial charge < -0.3 is 20.4 Å². The molecule has 0 bridgehead atoms. The van der Waals surface area contributed by atoms with Crippen molar-refractivity contribution in [2.45, 2.75) is 23.6 Å². The summed E-state index contributed by atoms with van der Waals surface area (Å²) in [5, 5.41) is 63.5. The molecule has 0 aliphatic carbocycles. The van der Waals surface area contributed by atoms with Crippen molar-refractivity contribution in [2.75, 3.05) is 0 Å². The van der Waals surface area contributed by atoms with Gasteiger partial charge in [-0.05, 0) is 77.9 Å². The molecule has 6 aromatic rings. The molecule has 20 heteroatoms. The second kappa shape index (κ2) is 17.9. The Morgan fingerprint density at radius 3 is 1.58 bits per heavy atom. The van der Waals surface area contributed by atoms with E-state index >= 15 is 0 Å². The van der Waals surface area contributed by atoms with Crippen LogP contribution in [0.25, 0.3) is 32.7 Å². The molecule has 0 saturated heterocycles. The summed E-state index contributed by atoms with van der Waals surface area (Å²) in [5.74, 6) is -4.36. The normalized spacial score (nSPS) is 11.7. The van der Waals surface area contributed by atoms with Crippen LogP contribution >= 0.6 is 0 Å². The predicted molar refractivity (Wildman–Crippen MR) is 183 cm³/mol. The molecule has 0 unspecified atom stereocenters. The molecule has 0 radical (unpaired) electrons. The first-order valence-corrected chi connectivity index (χ1v) is 17.8. The van der Waals surface area contributed by atoms with Crippen LogP contribution in [0.5, 0.6) is 17.2 Å². The smallest absolute Gasteiger partial charge is 0.871 e. The topological polar surface area (TPSA) is 265 Å². The number of azo groups is 2. The van der Waals surface area contributed by atoms with E-state index in [9.17, 15) is 51.2 Å². The number of aromatic carboxylic acids is 1. The first-order chi connectivity index (χ1) is 24.5. The second-order valence-corrected chi connectivity index (χ2v) is 14.3. The molecule has 15 nitrogen and oxygen atoms in total. The van der Waals surface area contributed by atoms with Crippen LogP contribution in [0.15, 0.2) is 115 Å². The minimum atomic E-state index is -5.00. The van der Waals surface area contributed by atoms with E-state index in [1.165, 1.54) is 18.2 Å². The SMILES string of the molecule is Cc1cc(-c2ccc(N=Nc3c([O-])ccc4c(S(=O)(=O)O)cc(C(=O)O)c([O-])c34)c(C)c2)ccc1N=Nc1cc(S(=O)(=O)O)c2ccccc2c1[O-].[Na+].[Na+].[Na+]. The molecule has 0 amide bonds. The summed E-state index contributed by atoms with van der Waals surface area (Å²) in [6.07, 6.45) is 0. The largest absolute Gasteiger partial charge is 1.00 e. The van der Waals surface area contributed by atoms with Gasteiger partial charge in [0.15, 0.2) is 0 Å². The quantitative estimate of drug-likeness (QED) is 0.0825. The van der Waals surface area contributed by atoms with E-state index in [4.69, 9.17) is 0 Å². The molecule has 0 aliphatic rings. The van der Waals surface area contributed by atoms with Gasteiger partial charge in [-0.15, -0.1) is 0 Å². The summed E-state index contributed by atoms with van der Waals surface area (Å²) in [6, 6.07) is 19.4. The van der Waals surface area contributed by atoms with Gasteiger partial charge in [-0.25, -0.2) is 4.79 Å². The average Bonchev–Trinajstić information content (AvgIpc) is 3.07. The number of nitrogens with zero attached hydrogens (tertiary/aromatic N) is 4. The molecule has 6 rings (SSSR count). The first-order valence-electron chi connectivity index (χ1n) is 14.9. The molecule has 55 heavy (non-hydrogen) atoms. The van der Waals surface area contributed by atoms with E-state index in [0.717, 1.165) is 29.3 Å². The average molecular weight is 809 g/mol. The number of carboxylic acid groups (broad SMARTS) is 1. The van der Waals surface area contributed by atoms with Gasteiger partial charge in [0.25, 0.3) is 20.2 Å². The summed E-state index contributed by atoms with van der Waals surface area (Å²) in [6.45, 7) is 3.44. The van der Waals surface area contributed by atoms with Gasteiger partial charge in [0, 0.05) is 16.2 Å². The second-order valence-electron chi connectivity index (χ2n) is 11.5. The fourth-order valence-electron chi connectivity index (χ4n) is 5.58. The van der Waals surface area contributed by atoms with E-state index in [1.807, 2.05) is 0 Å². The Balaban J connectivity index is 0.00000271. The van der Waals surface area contributed by atoms with Crippen LogP contribution in [0.3, 0.4) is 0 Å². The van der Waals surface area contributed by atoms with Crippen LogP contribution in [-0.4, -0.2) is 37.0 Å². The minimum Gasteiger partial charge on any atom is -0.871 e. The Kier molecular flexibility index (Phi) is 15.0. The van der Waals surface area contributed by atoms with Gasteiger partial charge in [0.05, 0.1) is 28.3 Å². The van der Waals surface area contributed by atoms with Gasteiger partial charge in [-0.3, -0.25) is 9.11 Å². The Morgan fingerprint density at radius 1 is 0.582 bits per heavy atom. The molecule has 0 aliphatic heterocycles. The maximum Gasteiger partial charge on any atom is 1.00 e. The number of hydrogen-bond acceptors (Lipinski definition) is 12. The molecular weight excluding hydrogens is 786 g/mol. The van der Waals surface area contributed by atoms with Crippen LogP contribution in [0.4, 0.5) is 22.7 Å². The number of rotatable bonds is 8. The molecule has 0 saturated carbocycles. The van der Waals surface area contributed by atoms with Gasteiger partial charge in [-0.2, -0.15) is 37.3 Å². The van der Waals surface area contributed by atoms with Crippen molar-refractivity contribution in [3.63, 3.8) is 0 Å². The van der Waals surface area contributed by atoms with E-state index in [-0.39, 0.29) is 111 Å². The van der Waals surface area contributed by atoms with Crippen molar-refractivity contribution in [2.24, 2.45) is 20.5 Å². The maximum absolute atomic E-state index is 13.0. The predicted octanol–water partition coefficient (Wildman–Crippen LogP) is -2.47. The van der Waals surface area contributed by atoms with Crippen LogP contribution < -0.4 is 104 Å². The van der Waals surface area contributed by atoms with Crippen LogP contribution in [-0.2, 0) is 20.2 Å². The Morgan fingerprint density at radius 2 is 1.07 bits per heavy atom. The molecule has 0 heterocycles. The van der Waals surface area contributed by atoms with Crippen molar-refractivity contribution >= 4 is 70.5 Å². The third-order valence-electron chi connectivity index (χ3n) is 8.13. The van der Waals surface area contributed by atoms with Crippen molar-refractivity contribution in [3.05, 3.63) is 102 Å². The zero-order chi connectivity index (χ0) is 37.7. The zero-order valence-corrected chi connectivity index (χ0v) is 37.4. The molecule has 264 valence electrons. The molecule has 0 spiro atoms. The van der Waals surface area contributed by atoms with Crippen molar-refractivity contribution in [1.29, 1.82) is 0 Å². The Labute approximate surface area is 380 Å². The fraction of sp³-hybridized carbons (Fsp3) is 0.0571. The Bertz CT molecular complexity index is 2800. The summed E-state index contributed by atoms with van der Waals surface area (Å²) in [4.78, 5) is 10.3.